The maximum atomic E-state index is 14.5. The molecule has 0 aliphatic carbocycles. The van der Waals surface area contributed by atoms with Gasteiger partial charge in [-0.2, -0.15) is 0 Å². The lowest BCUT2D eigenvalue weighted by Crippen LogP contribution is -1.96. The smallest absolute Gasteiger partial charge is 0.145 e. The topological polar surface area (TPSA) is 17.8 Å². The number of hydrogen-bond donors (Lipinski definition) is 0. The fourth-order valence-electron chi connectivity index (χ4n) is 3.25. The van der Waals surface area contributed by atoms with Crippen molar-refractivity contribution in [1.29, 1.82) is 0 Å². The number of pyridine rings is 1. The molecule has 4 heteroatoms. The average Bonchev–Trinajstić information content (AvgIpc) is 3.03. The Balaban J connectivity index is 1.94. The van der Waals surface area contributed by atoms with Crippen LogP contribution in [0.1, 0.15) is 18.1 Å². The molecule has 134 valence electrons. The number of aryl methyl sites for hydroxylation is 1. The van der Waals surface area contributed by atoms with Crippen molar-refractivity contribution in [3.8, 4) is 16.8 Å². The number of benzene rings is 2. The van der Waals surface area contributed by atoms with Crippen LogP contribution in [0.5, 0.6) is 0 Å². The first-order chi connectivity index (χ1) is 13.0. The molecule has 4 aromatic rings. The van der Waals surface area contributed by atoms with E-state index in [1.807, 2.05) is 35.0 Å². The van der Waals surface area contributed by atoms with E-state index in [-0.39, 0.29) is 11.6 Å². The molecule has 0 bridgehead atoms. The lowest BCUT2D eigenvalue weighted by Gasteiger charge is -2.08. The Bertz CT molecular complexity index is 1190. The van der Waals surface area contributed by atoms with Crippen molar-refractivity contribution in [2.45, 2.75) is 13.8 Å². The molecular weight excluding hydrogens is 342 g/mol. The molecular formula is C23H18F2N2. The predicted molar refractivity (Wildman–Crippen MR) is 106 cm³/mol. The lowest BCUT2D eigenvalue weighted by molar-refractivity contribution is 0.619. The maximum absolute atomic E-state index is 14.5. The van der Waals surface area contributed by atoms with Crippen molar-refractivity contribution >= 4 is 16.6 Å². The zero-order valence-corrected chi connectivity index (χ0v) is 15.1. The van der Waals surface area contributed by atoms with Crippen molar-refractivity contribution < 1.29 is 8.78 Å². The van der Waals surface area contributed by atoms with E-state index in [2.05, 4.69) is 11.6 Å². The molecule has 4 rings (SSSR count). The fourth-order valence-corrected chi connectivity index (χ4v) is 3.25. The third-order valence-electron chi connectivity index (χ3n) is 4.74. The van der Waals surface area contributed by atoms with Crippen LogP contribution < -0.4 is 0 Å². The largest absolute Gasteiger partial charge is 0.301 e. The Labute approximate surface area is 156 Å². The van der Waals surface area contributed by atoms with Gasteiger partial charge in [-0.05, 0) is 66.9 Å². The predicted octanol–water partition coefficient (Wildman–Crippen LogP) is 6.31. The van der Waals surface area contributed by atoms with E-state index in [4.69, 9.17) is 0 Å². The van der Waals surface area contributed by atoms with Crippen molar-refractivity contribution in [2.24, 2.45) is 0 Å². The molecule has 0 N–H and O–H groups in total. The first-order valence-corrected chi connectivity index (χ1v) is 8.64. The number of halogens is 2. The van der Waals surface area contributed by atoms with E-state index < -0.39 is 0 Å². The minimum Gasteiger partial charge on any atom is -0.301 e. The van der Waals surface area contributed by atoms with Gasteiger partial charge in [-0.25, -0.2) is 13.8 Å². The van der Waals surface area contributed by atoms with Crippen molar-refractivity contribution in [2.75, 3.05) is 0 Å². The average molecular weight is 360 g/mol. The molecule has 0 saturated carbocycles. The van der Waals surface area contributed by atoms with Gasteiger partial charge in [-0.3, -0.25) is 0 Å². The number of hydrogen-bond acceptors (Lipinski definition) is 1. The van der Waals surface area contributed by atoms with Crippen LogP contribution in [0.25, 0.3) is 33.4 Å². The Morgan fingerprint density at radius 2 is 1.85 bits per heavy atom. The summed E-state index contributed by atoms with van der Waals surface area (Å²) in [5, 5.41) is 0.880. The summed E-state index contributed by atoms with van der Waals surface area (Å²) >= 11 is 0. The Morgan fingerprint density at radius 3 is 2.56 bits per heavy atom. The van der Waals surface area contributed by atoms with Gasteiger partial charge in [0.1, 0.15) is 17.3 Å². The third kappa shape index (κ3) is 2.93. The lowest BCUT2D eigenvalue weighted by atomic mass is 10.0. The molecule has 0 aliphatic rings. The fraction of sp³-hybridized carbons (Fsp3) is 0.0870. The van der Waals surface area contributed by atoms with Gasteiger partial charge < -0.3 is 4.57 Å². The van der Waals surface area contributed by atoms with Crippen LogP contribution >= 0.6 is 0 Å². The highest BCUT2D eigenvalue weighted by Gasteiger charge is 2.14. The van der Waals surface area contributed by atoms with E-state index in [1.165, 1.54) is 12.1 Å². The summed E-state index contributed by atoms with van der Waals surface area (Å²) in [6.45, 7) is 7.31. The quantitative estimate of drug-likeness (QED) is 0.418. The SMILES string of the molecule is C=C(C)c1ccc(-n2cc(-c3ccc(C)c(F)c3)c3cccnc32)cc1F. The van der Waals surface area contributed by atoms with Gasteiger partial charge in [-0.1, -0.05) is 18.7 Å². The molecule has 0 unspecified atom stereocenters. The highest BCUT2D eigenvalue weighted by molar-refractivity contribution is 5.95. The number of nitrogens with zero attached hydrogens (tertiary/aromatic N) is 2. The summed E-state index contributed by atoms with van der Waals surface area (Å²) in [4.78, 5) is 4.46. The minimum absolute atomic E-state index is 0.255. The molecule has 0 radical (unpaired) electrons. The first kappa shape index (κ1) is 17.2. The minimum atomic E-state index is -0.333. The van der Waals surface area contributed by atoms with Crippen LogP contribution in [-0.4, -0.2) is 9.55 Å². The molecule has 0 amide bonds. The third-order valence-corrected chi connectivity index (χ3v) is 4.74. The normalized spacial score (nSPS) is 11.1. The van der Waals surface area contributed by atoms with Crippen LogP contribution in [0.15, 0.2) is 67.5 Å². The Morgan fingerprint density at radius 1 is 1.04 bits per heavy atom. The van der Waals surface area contributed by atoms with E-state index in [1.54, 1.807) is 32.2 Å². The molecule has 2 aromatic heterocycles. The van der Waals surface area contributed by atoms with Crippen molar-refractivity contribution in [3.05, 3.63) is 90.3 Å². The molecule has 0 atom stereocenters. The van der Waals surface area contributed by atoms with Crippen LogP contribution in [-0.2, 0) is 0 Å². The van der Waals surface area contributed by atoms with Crippen molar-refractivity contribution in [1.82, 2.24) is 9.55 Å². The van der Waals surface area contributed by atoms with Gasteiger partial charge in [0.05, 0.1) is 0 Å². The van der Waals surface area contributed by atoms with Crippen LogP contribution in [0.4, 0.5) is 8.78 Å². The summed E-state index contributed by atoms with van der Waals surface area (Å²) in [6.07, 6.45) is 3.56. The zero-order chi connectivity index (χ0) is 19.1. The molecule has 0 saturated heterocycles. The van der Waals surface area contributed by atoms with Gasteiger partial charge in [0, 0.05) is 34.6 Å². The second kappa shape index (κ2) is 6.47. The second-order valence-corrected chi connectivity index (χ2v) is 6.70. The van der Waals surface area contributed by atoms with Gasteiger partial charge in [0.15, 0.2) is 0 Å². The van der Waals surface area contributed by atoms with Gasteiger partial charge in [0.2, 0.25) is 0 Å². The summed E-state index contributed by atoms with van der Waals surface area (Å²) in [5.74, 6) is -0.588. The molecule has 0 spiro atoms. The van der Waals surface area contributed by atoms with Crippen LogP contribution in [0.3, 0.4) is 0 Å². The monoisotopic (exact) mass is 360 g/mol. The number of allylic oxidation sites excluding steroid dienone is 1. The van der Waals surface area contributed by atoms with Crippen LogP contribution in [0.2, 0.25) is 0 Å². The Kier molecular flexibility index (Phi) is 4.11. The first-order valence-electron chi connectivity index (χ1n) is 8.64. The number of fused-ring (bicyclic) bond motifs is 1. The van der Waals surface area contributed by atoms with E-state index in [0.29, 0.717) is 28.0 Å². The second-order valence-electron chi connectivity index (χ2n) is 6.70. The zero-order valence-electron chi connectivity index (χ0n) is 15.1. The summed E-state index contributed by atoms with van der Waals surface area (Å²) in [5.41, 5.74) is 4.71. The highest BCUT2D eigenvalue weighted by atomic mass is 19.1. The molecule has 2 aromatic carbocycles. The summed E-state index contributed by atoms with van der Waals surface area (Å²) < 4.78 is 30.4. The molecule has 0 aliphatic heterocycles. The van der Waals surface area contributed by atoms with Crippen molar-refractivity contribution in [3.63, 3.8) is 0 Å². The molecule has 2 nitrogen and oxygen atoms in total. The van der Waals surface area contributed by atoms with E-state index in [0.717, 1.165) is 16.5 Å². The summed E-state index contributed by atoms with van der Waals surface area (Å²) in [7, 11) is 0. The molecule has 27 heavy (non-hydrogen) atoms. The number of rotatable bonds is 3. The van der Waals surface area contributed by atoms with Crippen LogP contribution in [0, 0.1) is 18.6 Å². The summed E-state index contributed by atoms with van der Waals surface area (Å²) in [6, 6.07) is 14.0. The number of aromatic nitrogens is 2. The van der Waals surface area contributed by atoms with E-state index >= 15 is 0 Å². The van der Waals surface area contributed by atoms with Gasteiger partial charge in [-0.15, -0.1) is 0 Å². The van der Waals surface area contributed by atoms with E-state index in [9.17, 15) is 8.78 Å². The highest BCUT2D eigenvalue weighted by Crippen LogP contribution is 2.33. The molecule has 2 heterocycles. The standard InChI is InChI=1S/C23H18F2N2/c1-14(2)18-9-8-17(12-22(18)25)27-13-20(19-5-4-10-26-23(19)27)16-7-6-15(3)21(24)11-16/h4-13H,1H2,2-3H3. The maximum Gasteiger partial charge on any atom is 0.145 e. The van der Waals surface area contributed by atoms with Gasteiger partial charge in [0.25, 0.3) is 0 Å². The Hall–Kier alpha value is -3.27. The van der Waals surface area contributed by atoms with Gasteiger partial charge >= 0.3 is 0 Å². The molecule has 0 fully saturated rings.